The van der Waals surface area contributed by atoms with Gasteiger partial charge in [-0.2, -0.15) is 0 Å². The Bertz CT molecular complexity index is 410. The summed E-state index contributed by atoms with van der Waals surface area (Å²) in [4.78, 5) is 15.6. The first-order valence-corrected chi connectivity index (χ1v) is 6.11. The number of carbonyl (C=O) groups excluding carboxylic acids is 1. The maximum absolute atomic E-state index is 11.5. The van der Waals surface area contributed by atoms with E-state index in [0.717, 1.165) is 12.5 Å². The van der Waals surface area contributed by atoms with Gasteiger partial charge in [0.2, 0.25) is 0 Å². The number of hydrogen-bond acceptors (Lipinski definition) is 4. The molecule has 0 amide bonds. The fraction of sp³-hybridized carbons (Fsp3) is 0.667. The van der Waals surface area contributed by atoms with Gasteiger partial charge < -0.3 is 15.0 Å². The van der Waals surface area contributed by atoms with Crippen LogP contribution < -0.4 is 5.73 Å². The Morgan fingerprint density at radius 2 is 2.41 bits per heavy atom. The molecule has 0 saturated heterocycles. The minimum atomic E-state index is -0.442. The largest absolute Gasteiger partial charge is 0.461 e. The highest BCUT2D eigenvalue weighted by Crippen LogP contribution is 2.37. The summed E-state index contributed by atoms with van der Waals surface area (Å²) >= 11 is 0. The van der Waals surface area contributed by atoms with Crippen LogP contribution in [0.4, 0.5) is 5.82 Å². The average Bonchev–Trinajstić information content (AvgIpc) is 3.07. The van der Waals surface area contributed by atoms with Crippen molar-refractivity contribution in [1.29, 1.82) is 0 Å². The molecule has 0 bridgehead atoms. The van der Waals surface area contributed by atoms with Crippen LogP contribution in [-0.2, 0) is 11.3 Å². The Morgan fingerprint density at radius 1 is 1.71 bits per heavy atom. The third-order valence-corrected chi connectivity index (χ3v) is 3.26. The molecule has 1 fully saturated rings. The van der Waals surface area contributed by atoms with Gasteiger partial charge in [0.25, 0.3) is 0 Å². The maximum Gasteiger partial charge on any atom is 0.360 e. The van der Waals surface area contributed by atoms with Crippen LogP contribution in [0.5, 0.6) is 0 Å². The van der Waals surface area contributed by atoms with Gasteiger partial charge in [-0.3, -0.25) is 0 Å². The van der Waals surface area contributed by atoms with Crippen LogP contribution in [0.25, 0.3) is 0 Å². The molecule has 2 rings (SSSR count). The molecular formula is C12H19N3O2. The van der Waals surface area contributed by atoms with Crippen LogP contribution in [0.1, 0.15) is 37.2 Å². The molecule has 1 heterocycles. The number of carbonyl (C=O) groups is 1. The molecule has 5 heteroatoms. The van der Waals surface area contributed by atoms with Crippen molar-refractivity contribution in [2.75, 3.05) is 12.3 Å². The molecule has 1 saturated carbocycles. The van der Waals surface area contributed by atoms with Crippen molar-refractivity contribution in [3.63, 3.8) is 0 Å². The third-order valence-electron chi connectivity index (χ3n) is 3.26. The van der Waals surface area contributed by atoms with E-state index in [0.29, 0.717) is 18.3 Å². The van der Waals surface area contributed by atoms with Gasteiger partial charge in [-0.25, -0.2) is 9.78 Å². The van der Waals surface area contributed by atoms with Gasteiger partial charge in [0.1, 0.15) is 5.82 Å². The zero-order valence-corrected chi connectivity index (χ0v) is 10.3. The molecule has 0 aliphatic heterocycles. The topological polar surface area (TPSA) is 70.1 Å². The van der Waals surface area contributed by atoms with Crippen LogP contribution in [-0.4, -0.2) is 22.1 Å². The molecule has 1 aromatic heterocycles. The van der Waals surface area contributed by atoms with E-state index in [9.17, 15) is 4.79 Å². The Kier molecular flexibility index (Phi) is 3.36. The van der Waals surface area contributed by atoms with Gasteiger partial charge in [0.05, 0.1) is 12.9 Å². The van der Waals surface area contributed by atoms with Gasteiger partial charge >= 0.3 is 5.97 Å². The third kappa shape index (κ3) is 2.60. The quantitative estimate of drug-likeness (QED) is 0.791. The van der Waals surface area contributed by atoms with Crippen LogP contribution >= 0.6 is 0 Å². The van der Waals surface area contributed by atoms with Gasteiger partial charge in [-0.05, 0) is 31.6 Å². The van der Waals surface area contributed by atoms with E-state index >= 15 is 0 Å². The number of nitrogens with two attached hydrogens (primary N) is 1. The van der Waals surface area contributed by atoms with E-state index < -0.39 is 5.97 Å². The molecule has 0 radical (unpaired) electrons. The molecule has 17 heavy (non-hydrogen) atoms. The van der Waals surface area contributed by atoms with Crippen molar-refractivity contribution in [2.24, 2.45) is 11.8 Å². The highest BCUT2D eigenvalue weighted by molar-refractivity contribution is 5.92. The highest BCUT2D eigenvalue weighted by atomic mass is 16.5. The van der Waals surface area contributed by atoms with Crippen molar-refractivity contribution in [3.8, 4) is 0 Å². The standard InChI is InChI=1S/C12H19N3O2/c1-3-17-12(16)10-11(13)15(7-14-10)6-8(2)9-4-5-9/h7-9H,3-6,13H2,1-2H3. The van der Waals surface area contributed by atoms with E-state index in [1.807, 2.05) is 4.57 Å². The number of imidazole rings is 1. The molecule has 1 aromatic rings. The zero-order chi connectivity index (χ0) is 12.4. The molecule has 1 unspecified atom stereocenters. The van der Waals surface area contributed by atoms with Crippen LogP contribution in [0.2, 0.25) is 0 Å². The molecule has 1 aliphatic carbocycles. The molecule has 2 N–H and O–H groups in total. The number of nitrogen functional groups attached to an aromatic ring is 1. The van der Waals surface area contributed by atoms with E-state index in [1.165, 1.54) is 12.8 Å². The Hall–Kier alpha value is -1.52. The van der Waals surface area contributed by atoms with Crippen molar-refractivity contribution >= 4 is 11.8 Å². The summed E-state index contributed by atoms with van der Waals surface area (Å²) in [7, 11) is 0. The van der Waals surface area contributed by atoms with Crippen molar-refractivity contribution in [2.45, 2.75) is 33.2 Å². The Balaban J connectivity index is 2.06. The number of aromatic nitrogens is 2. The van der Waals surface area contributed by atoms with Gasteiger partial charge in [0, 0.05) is 6.54 Å². The summed E-state index contributed by atoms with van der Waals surface area (Å²) < 4.78 is 6.73. The summed E-state index contributed by atoms with van der Waals surface area (Å²) in [5.41, 5.74) is 6.13. The first kappa shape index (κ1) is 12.0. The molecule has 0 spiro atoms. The van der Waals surface area contributed by atoms with Crippen LogP contribution in [0, 0.1) is 11.8 Å². The van der Waals surface area contributed by atoms with E-state index in [1.54, 1.807) is 13.3 Å². The van der Waals surface area contributed by atoms with Crippen LogP contribution in [0.15, 0.2) is 6.33 Å². The lowest BCUT2D eigenvalue weighted by Gasteiger charge is -2.12. The van der Waals surface area contributed by atoms with Gasteiger partial charge in [-0.1, -0.05) is 6.92 Å². The first-order chi connectivity index (χ1) is 8.13. The minimum absolute atomic E-state index is 0.231. The second-order valence-corrected chi connectivity index (χ2v) is 4.67. The second kappa shape index (κ2) is 4.77. The summed E-state index contributed by atoms with van der Waals surface area (Å²) in [6.45, 7) is 5.13. The predicted octanol–water partition coefficient (Wildman–Crippen LogP) is 1.69. The zero-order valence-electron chi connectivity index (χ0n) is 10.3. The minimum Gasteiger partial charge on any atom is -0.461 e. The van der Waals surface area contributed by atoms with Crippen molar-refractivity contribution < 1.29 is 9.53 Å². The number of esters is 1. The molecule has 0 aromatic carbocycles. The number of nitrogens with zero attached hydrogens (tertiary/aromatic N) is 2. The van der Waals surface area contributed by atoms with E-state index in [2.05, 4.69) is 11.9 Å². The lowest BCUT2D eigenvalue weighted by atomic mass is 10.1. The summed E-state index contributed by atoms with van der Waals surface area (Å²) in [5, 5.41) is 0. The van der Waals surface area contributed by atoms with Crippen LogP contribution in [0.3, 0.4) is 0 Å². The Morgan fingerprint density at radius 3 is 3.00 bits per heavy atom. The maximum atomic E-state index is 11.5. The molecule has 94 valence electrons. The molecular weight excluding hydrogens is 218 g/mol. The molecule has 5 nitrogen and oxygen atoms in total. The fourth-order valence-corrected chi connectivity index (χ4v) is 2.02. The van der Waals surface area contributed by atoms with E-state index in [-0.39, 0.29) is 5.69 Å². The smallest absolute Gasteiger partial charge is 0.360 e. The molecule has 1 atom stereocenters. The van der Waals surface area contributed by atoms with Gasteiger partial charge in [-0.15, -0.1) is 0 Å². The number of anilines is 1. The van der Waals surface area contributed by atoms with Crippen molar-refractivity contribution in [1.82, 2.24) is 9.55 Å². The van der Waals surface area contributed by atoms with Crippen molar-refractivity contribution in [3.05, 3.63) is 12.0 Å². The number of ether oxygens (including phenoxy) is 1. The monoisotopic (exact) mass is 237 g/mol. The second-order valence-electron chi connectivity index (χ2n) is 4.67. The Labute approximate surface area is 101 Å². The lowest BCUT2D eigenvalue weighted by Crippen LogP contribution is -2.13. The summed E-state index contributed by atoms with van der Waals surface area (Å²) in [5.74, 6) is 1.36. The highest BCUT2D eigenvalue weighted by Gasteiger charge is 2.28. The molecule has 1 aliphatic rings. The predicted molar refractivity (Wildman–Crippen MR) is 64.5 cm³/mol. The fourth-order valence-electron chi connectivity index (χ4n) is 2.02. The SMILES string of the molecule is CCOC(=O)c1ncn(CC(C)C2CC2)c1N. The summed E-state index contributed by atoms with van der Waals surface area (Å²) in [6, 6.07) is 0. The van der Waals surface area contributed by atoms with E-state index in [4.69, 9.17) is 10.5 Å². The number of hydrogen-bond donors (Lipinski definition) is 1. The number of rotatable bonds is 5. The first-order valence-electron chi connectivity index (χ1n) is 6.11. The average molecular weight is 237 g/mol. The lowest BCUT2D eigenvalue weighted by molar-refractivity contribution is 0.0521. The normalized spacial score (nSPS) is 16.8. The van der Waals surface area contributed by atoms with Gasteiger partial charge in [0.15, 0.2) is 5.69 Å². The summed E-state index contributed by atoms with van der Waals surface area (Å²) in [6.07, 6.45) is 4.24.